The quantitative estimate of drug-likeness (QED) is 0.860. The van der Waals surface area contributed by atoms with Gasteiger partial charge in [0.25, 0.3) is 5.56 Å². The fraction of sp³-hybridized carbons (Fsp3) is 0.0833. The normalized spacial score (nSPS) is 10.1. The van der Waals surface area contributed by atoms with Crippen molar-refractivity contribution >= 4 is 46.6 Å². The van der Waals surface area contributed by atoms with Crippen LogP contribution in [-0.2, 0) is 0 Å². The topological polar surface area (TPSA) is 74.9 Å². The molecule has 1 aromatic carbocycles. The van der Waals surface area contributed by atoms with E-state index in [0.717, 1.165) is 15.5 Å². The first-order valence-corrected chi connectivity index (χ1v) is 7.71. The average molecular weight is 326 g/mol. The Balaban J connectivity index is 2.33. The number of nitrogens with one attached hydrogen (secondary N) is 1. The van der Waals surface area contributed by atoms with Gasteiger partial charge in [0.1, 0.15) is 15.8 Å². The summed E-state index contributed by atoms with van der Waals surface area (Å²) in [5.74, 6) is 0. The van der Waals surface area contributed by atoms with Gasteiger partial charge >= 0.3 is 6.03 Å². The molecule has 0 saturated heterocycles. The summed E-state index contributed by atoms with van der Waals surface area (Å²) in [6, 6.07) is 7.79. The zero-order chi connectivity index (χ0) is 14.7. The number of carbonyl (C=O) groups is 1. The second kappa shape index (κ2) is 6.13. The van der Waals surface area contributed by atoms with Gasteiger partial charge in [-0.1, -0.05) is 17.7 Å². The number of carbonyl (C=O) groups excluding carboxylic acids is 1. The van der Waals surface area contributed by atoms with E-state index in [9.17, 15) is 9.59 Å². The van der Waals surface area contributed by atoms with E-state index in [0.29, 0.717) is 14.9 Å². The Morgan fingerprint density at radius 2 is 2.30 bits per heavy atom. The van der Waals surface area contributed by atoms with Crippen LogP contribution in [0, 0.1) is 11.3 Å². The predicted octanol–water partition coefficient (Wildman–Crippen LogP) is 3.24. The van der Waals surface area contributed by atoms with Gasteiger partial charge in [0.05, 0.1) is 0 Å². The number of anilines is 1. The molecule has 2 aromatic rings. The predicted molar refractivity (Wildman–Crippen MR) is 80.9 cm³/mol. The molecule has 1 amide bonds. The average Bonchev–Trinajstić information content (AvgIpc) is 2.75. The maximum atomic E-state index is 12.0. The molecule has 102 valence electrons. The van der Waals surface area contributed by atoms with E-state index in [4.69, 9.17) is 16.9 Å². The highest BCUT2D eigenvalue weighted by atomic mass is 35.5. The van der Waals surface area contributed by atoms with Gasteiger partial charge in [-0.2, -0.15) is 9.22 Å². The monoisotopic (exact) mass is 325 g/mol. The van der Waals surface area contributed by atoms with Gasteiger partial charge in [-0.25, -0.2) is 4.79 Å². The molecule has 0 bridgehead atoms. The van der Waals surface area contributed by atoms with E-state index in [2.05, 4.69) is 5.32 Å². The summed E-state index contributed by atoms with van der Waals surface area (Å²) in [5.41, 5.74) is -0.142. The fourth-order valence-corrected chi connectivity index (χ4v) is 3.21. The number of halogens is 1. The number of aromatic nitrogens is 1. The van der Waals surface area contributed by atoms with E-state index in [1.165, 1.54) is 11.8 Å². The molecule has 1 heterocycles. The van der Waals surface area contributed by atoms with Crippen LogP contribution in [0.3, 0.4) is 0 Å². The van der Waals surface area contributed by atoms with Crippen molar-refractivity contribution < 1.29 is 4.79 Å². The lowest BCUT2D eigenvalue weighted by molar-refractivity contribution is 0.255. The van der Waals surface area contributed by atoms with E-state index in [-0.39, 0.29) is 5.56 Å². The summed E-state index contributed by atoms with van der Waals surface area (Å²) in [7, 11) is 0. The van der Waals surface area contributed by atoms with Crippen molar-refractivity contribution in [3.05, 3.63) is 45.2 Å². The van der Waals surface area contributed by atoms with Crippen molar-refractivity contribution in [2.45, 2.75) is 4.21 Å². The first-order chi connectivity index (χ1) is 9.56. The Labute approximate surface area is 127 Å². The third kappa shape index (κ3) is 2.88. The first-order valence-electron chi connectivity index (χ1n) is 5.34. The summed E-state index contributed by atoms with van der Waals surface area (Å²) in [5, 5.41) is 12.0. The number of rotatable bonds is 2. The van der Waals surface area contributed by atoms with E-state index in [1.54, 1.807) is 30.5 Å². The van der Waals surface area contributed by atoms with E-state index >= 15 is 0 Å². The Morgan fingerprint density at radius 3 is 2.85 bits per heavy atom. The molecule has 0 aliphatic carbocycles. The number of thioether (sulfide) groups is 1. The Bertz CT molecular complexity index is 761. The molecule has 0 saturated carbocycles. The zero-order valence-electron chi connectivity index (χ0n) is 10.2. The zero-order valence-corrected chi connectivity index (χ0v) is 12.6. The first kappa shape index (κ1) is 14.7. The molecule has 0 fully saturated rings. The van der Waals surface area contributed by atoms with Gasteiger partial charge in [-0.15, -0.1) is 11.8 Å². The standard InChI is InChI=1S/C12H8ClN3O2S2/c1-19-11-9(6-14)10(17)16(20-11)12(18)15-8-4-2-3-7(13)5-8/h2-5H,1H3,(H,15,18). The minimum atomic E-state index is -0.612. The SMILES string of the molecule is CSc1sn(C(=O)Nc2cccc(Cl)c2)c(=O)c1C#N. The lowest BCUT2D eigenvalue weighted by Gasteiger charge is -2.04. The van der Waals surface area contributed by atoms with Gasteiger partial charge in [0, 0.05) is 10.7 Å². The molecular weight excluding hydrogens is 318 g/mol. The van der Waals surface area contributed by atoms with Gasteiger partial charge in [-0.3, -0.25) is 4.79 Å². The molecule has 0 aliphatic heterocycles. The summed E-state index contributed by atoms with van der Waals surface area (Å²) in [6.45, 7) is 0. The number of hydrogen-bond donors (Lipinski definition) is 1. The molecular formula is C12H8ClN3O2S2. The molecule has 0 unspecified atom stereocenters. The van der Waals surface area contributed by atoms with Crippen LogP contribution in [0.15, 0.2) is 33.3 Å². The smallest absolute Gasteiger partial charge is 0.306 e. The van der Waals surface area contributed by atoms with Crippen LogP contribution < -0.4 is 10.9 Å². The third-order valence-electron chi connectivity index (χ3n) is 2.33. The number of benzene rings is 1. The van der Waals surface area contributed by atoms with Crippen LogP contribution in [0.2, 0.25) is 5.02 Å². The lowest BCUT2D eigenvalue weighted by Crippen LogP contribution is -2.27. The molecule has 0 radical (unpaired) electrons. The van der Waals surface area contributed by atoms with Gasteiger partial charge in [0.15, 0.2) is 0 Å². The number of nitrogens with zero attached hydrogens (tertiary/aromatic N) is 2. The van der Waals surface area contributed by atoms with Crippen LogP contribution in [0.1, 0.15) is 5.56 Å². The minimum absolute atomic E-state index is 0.0104. The molecule has 2 rings (SSSR count). The van der Waals surface area contributed by atoms with Crippen molar-refractivity contribution in [1.82, 2.24) is 3.96 Å². The van der Waals surface area contributed by atoms with Crippen molar-refractivity contribution in [3.63, 3.8) is 0 Å². The number of amides is 1. The van der Waals surface area contributed by atoms with Crippen molar-refractivity contribution in [2.24, 2.45) is 0 Å². The largest absolute Gasteiger partial charge is 0.342 e. The van der Waals surface area contributed by atoms with E-state index < -0.39 is 11.6 Å². The van der Waals surface area contributed by atoms with Gasteiger partial charge in [0.2, 0.25) is 0 Å². The minimum Gasteiger partial charge on any atom is -0.306 e. The molecule has 20 heavy (non-hydrogen) atoms. The van der Waals surface area contributed by atoms with Crippen LogP contribution >= 0.6 is 34.9 Å². The molecule has 0 spiro atoms. The molecule has 1 aromatic heterocycles. The number of hydrogen-bond acceptors (Lipinski definition) is 5. The molecule has 0 aliphatic rings. The maximum Gasteiger partial charge on any atom is 0.342 e. The van der Waals surface area contributed by atoms with Crippen LogP contribution in [-0.4, -0.2) is 16.2 Å². The van der Waals surface area contributed by atoms with Crippen molar-refractivity contribution in [1.29, 1.82) is 5.26 Å². The highest BCUT2D eigenvalue weighted by Crippen LogP contribution is 2.23. The molecule has 8 heteroatoms. The Hall–Kier alpha value is -1.75. The molecule has 5 nitrogen and oxygen atoms in total. The summed E-state index contributed by atoms with van der Waals surface area (Å²) < 4.78 is 1.43. The van der Waals surface area contributed by atoms with Crippen molar-refractivity contribution in [3.8, 4) is 6.07 Å². The van der Waals surface area contributed by atoms with Gasteiger partial charge < -0.3 is 5.32 Å². The van der Waals surface area contributed by atoms with Crippen molar-refractivity contribution in [2.75, 3.05) is 11.6 Å². The summed E-state index contributed by atoms with van der Waals surface area (Å²) in [4.78, 5) is 24.0. The maximum absolute atomic E-state index is 12.0. The Kier molecular flexibility index (Phi) is 4.49. The summed E-state index contributed by atoms with van der Waals surface area (Å²) in [6.07, 6.45) is 1.74. The second-order valence-electron chi connectivity index (χ2n) is 3.61. The lowest BCUT2D eigenvalue weighted by atomic mass is 10.3. The molecule has 0 atom stereocenters. The van der Waals surface area contributed by atoms with Gasteiger partial charge in [-0.05, 0) is 36.0 Å². The number of nitriles is 1. The summed E-state index contributed by atoms with van der Waals surface area (Å²) >= 11 is 8.01. The van der Waals surface area contributed by atoms with Crippen LogP contribution in [0.4, 0.5) is 10.5 Å². The second-order valence-corrected chi connectivity index (χ2v) is 6.08. The Morgan fingerprint density at radius 1 is 1.55 bits per heavy atom. The van der Waals surface area contributed by atoms with Crippen LogP contribution in [0.5, 0.6) is 0 Å². The fourth-order valence-electron chi connectivity index (χ4n) is 1.47. The highest BCUT2D eigenvalue weighted by Gasteiger charge is 2.18. The third-order valence-corrected chi connectivity index (χ3v) is 4.75. The molecule has 1 N–H and O–H groups in total. The van der Waals surface area contributed by atoms with Crippen LogP contribution in [0.25, 0.3) is 0 Å². The highest BCUT2D eigenvalue weighted by molar-refractivity contribution is 8.00. The van der Waals surface area contributed by atoms with E-state index in [1.807, 2.05) is 6.07 Å².